The maximum absolute atomic E-state index is 11.9. The highest BCUT2D eigenvalue weighted by molar-refractivity contribution is 6.41. The summed E-state index contributed by atoms with van der Waals surface area (Å²) in [5.74, 6) is -0.469. The zero-order valence-electron chi connectivity index (χ0n) is 12.0. The van der Waals surface area contributed by atoms with E-state index in [0.29, 0.717) is 16.5 Å². The molecule has 0 amide bonds. The molecule has 2 aromatic rings. The Balaban J connectivity index is 2.27. The Morgan fingerprint density at radius 3 is 2.18 bits per heavy atom. The van der Waals surface area contributed by atoms with E-state index in [1.165, 1.54) is 19.2 Å². The normalized spacial score (nSPS) is 9.95. The van der Waals surface area contributed by atoms with Crippen molar-refractivity contribution in [1.29, 1.82) is 0 Å². The van der Waals surface area contributed by atoms with E-state index in [2.05, 4.69) is 4.74 Å². The fourth-order valence-electron chi connectivity index (χ4n) is 1.76. The van der Waals surface area contributed by atoms with Crippen LogP contribution in [0.25, 0.3) is 0 Å². The van der Waals surface area contributed by atoms with Crippen LogP contribution < -0.4 is 9.47 Å². The van der Waals surface area contributed by atoms with E-state index in [0.717, 1.165) is 7.11 Å². The Morgan fingerprint density at radius 1 is 0.955 bits per heavy atom. The van der Waals surface area contributed by atoms with Crippen LogP contribution in [0.4, 0.5) is 0 Å². The summed E-state index contributed by atoms with van der Waals surface area (Å²) >= 11 is 5.80. The van der Waals surface area contributed by atoms with Gasteiger partial charge in [-0.3, -0.25) is 4.79 Å². The van der Waals surface area contributed by atoms with Crippen molar-refractivity contribution in [2.24, 2.45) is 0 Å². The molecule has 0 heterocycles. The van der Waals surface area contributed by atoms with Gasteiger partial charge in [-0.1, -0.05) is 11.6 Å². The fraction of sp³-hybridized carbons (Fsp3) is 0.125. The average Bonchev–Trinajstić information content (AvgIpc) is 2.55. The number of rotatable bonds is 5. The second-order valence-electron chi connectivity index (χ2n) is 4.24. The SMILES string of the molecule is COC(=O)C(=O)c1ccc(Oc2ccc(Cl)cc2)cc1OC. The van der Waals surface area contributed by atoms with Gasteiger partial charge >= 0.3 is 5.97 Å². The topological polar surface area (TPSA) is 61.8 Å². The molecule has 2 aromatic carbocycles. The van der Waals surface area contributed by atoms with Crippen LogP contribution in [-0.4, -0.2) is 26.0 Å². The number of Topliss-reactive ketones (excluding diaryl/α,β-unsaturated/α-hetero) is 1. The molecule has 0 fully saturated rings. The highest BCUT2D eigenvalue weighted by atomic mass is 35.5. The number of esters is 1. The van der Waals surface area contributed by atoms with E-state index in [-0.39, 0.29) is 11.3 Å². The van der Waals surface area contributed by atoms with Gasteiger partial charge in [0, 0.05) is 11.1 Å². The van der Waals surface area contributed by atoms with Crippen molar-refractivity contribution in [3.05, 3.63) is 53.1 Å². The lowest BCUT2D eigenvalue weighted by Gasteiger charge is -2.10. The van der Waals surface area contributed by atoms with Crippen molar-refractivity contribution in [2.45, 2.75) is 0 Å². The number of benzene rings is 2. The monoisotopic (exact) mass is 320 g/mol. The molecule has 0 saturated heterocycles. The third-order valence-electron chi connectivity index (χ3n) is 2.84. The first-order chi connectivity index (χ1) is 10.5. The van der Waals surface area contributed by atoms with Crippen molar-refractivity contribution >= 4 is 23.4 Å². The van der Waals surface area contributed by atoms with E-state index in [9.17, 15) is 9.59 Å². The number of carbonyl (C=O) groups is 2. The smallest absolute Gasteiger partial charge is 0.379 e. The van der Waals surface area contributed by atoms with Crippen LogP contribution in [0.3, 0.4) is 0 Å². The first kappa shape index (κ1) is 15.9. The zero-order chi connectivity index (χ0) is 16.1. The molecule has 0 aromatic heterocycles. The molecule has 0 aliphatic carbocycles. The maximum atomic E-state index is 11.9. The molecule has 0 aliphatic heterocycles. The lowest BCUT2D eigenvalue weighted by Crippen LogP contribution is -2.16. The van der Waals surface area contributed by atoms with Crippen LogP contribution in [0.2, 0.25) is 5.02 Å². The van der Waals surface area contributed by atoms with Crippen molar-refractivity contribution in [3.63, 3.8) is 0 Å². The molecule has 0 bridgehead atoms. The number of ketones is 1. The largest absolute Gasteiger partial charge is 0.496 e. The molecule has 0 spiro atoms. The number of hydrogen-bond donors (Lipinski definition) is 0. The molecule has 2 rings (SSSR count). The van der Waals surface area contributed by atoms with Crippen LogP contribution in [-0.2, 0) is 9.53 Å². The van der Waals surface area contributed by atoms with Crippen LogP contribution >= 0.6 is 11.6 Å². The quantitative estimate of drug-likeness (QED) is 0.479. The fourth-order valence-corrected chi connectivity index (χ4v) is 1.89. The van der Waals surface area contributed by atoms with Gasteiger partial charge in [0.1, 0.15) is 17.2 Å². The molecule has 5 nitrogen and oxygen atoms in total. The van der Waals surface area contributed by atoms with Gasteiger partial charge in [-0.05, 0) is 36.4 Å². The van der Waals surface area contributed by atoms with Crippen LogP contribution in [0.15, 0.2) is 42.5 Å². The molecule has 22 heavy (non-hydrogen) atoms. The molecular formula is C16H13ClO5. The third kappa shape index (κ3) is 3.56. The van der Waals surface area contributed by atoms with Gasteiger partial charge in [0.05, 0.1) is 19.8 Å². The van der Waals surface area contributed by atoms with Gasteiger partial charge in [0.2, 0.25) is 0 Å². The summed E-state index contributed by atoms with van der Waals surface area (Å²) in [5.41, 5.74) is 0.109. The van der Waals surface area contributed by atoms with Gasteiger partial charge < -0.3 is 14.2 Å². The second kappa shape index (κ2) is 6.95. The Hall–Kier alpha value is -2.53. The highest BCUT2D eigenvalue weighted by Gasteiger charge is 2.21. The van der Waals surface area contributed by atoms with Crippen LogP contribution in [0.5, 0.6) is 17.2 Å². The number of carbonyl (C=O) groups excluding carboxylic acids is 2. The van der Waals surface area contributed by atoms with E-state index in [1.807, 2.05) is 0 Å². The van der Waals surface area contributed by atoms with E-state index < -0.39 is 11.8 Å². The summed E-state index contributed by atoms with van der Waals surface area (Å²) in [6.07, 6.45) is 0. The Bertz CT molecular complexity index is 694. The van der Waals surface area contributed by atoms with Gasteiger partial charge in [-0.25, -0.2) is 4.79 Å². The van der Waals surface area contributed by atoms with E-state index in [1.54, 1.807) is 30.3 Å². The molecular weight excluding hydrogens is 308 g/mol. The molecule has 0 unspecified atom stereocenters. The van der Waals surface area contributed by atoms with E-state index in [4.69, 9.17) is 21.1 Å². The number of halogens is 1. The van der Waals surface area contributed by atoms with Crippen molar-refractivity contribution < 1.29 is 23.8 Å². The van der Waals surface area contributed by atoms with Gasteiger partial charge in [0.25, 0.3) is 5.78 Å². The predicted octanol–water partition coefficient (Wildman–Crippen LogP) is 3.50. The van der Waals surface area contributed by atoms with Crippen molar-refractivity contribution in [1.82, 2.24) is 0 Å². The molecule has 0 radical (unpaired) electrons. The number of hydrogen-bond acceptors (Lipinski definition) is 5. The Morgan fingerprint density at radius 2 is 1.59 bits per heavy atom. The van der Waals surface area contributed by atoms with Crippen LogP contribution in [0.1, 0.15) is 10.4 Å². The van der Waals surface area contributed by atoms with Crippen molar-refractivity contribution in [3.8, 4) is 17.2 Å². The first-order valence-electron chi connectivity index (χ1n) is 6.29. The molecule has 6 heteroatoms. The third-order valence-corrected chi connectivity index (χ3v) is 3.09. The highest BCUT2D eigenvalue weighted by Crippen LogP contribution is 2.29. The van der Waals surface area contributed by atoms with Gasteiger partial charge in [0.15, 0.2) is 0 Å². The predicted molar refractivity (Wildman–Crippen MR) is 80.9 cm³/mol. The molecule has 114 valence electrons. The summed E-state index contributed by atoms with van der Waals surface area (Å²) in [7, 11) is 2.54. The lowest BCUT2D eigenvalue weighted by atomic mass is 10.1. The minimum atomic E-state index is -0.954. The molecule has 0 atom stereocenters. The van der Waals surface area contributed by atoms with Gasteiger partial charge in [-0.15, -0.1) is 0 Å². The summed E-state index contributed by atoms with van der Waals surface area (Å²) in [6, 6.07) is 11.3. The number of methoxy groups -OCH3 is 2. The van der Waals surface area contributed by atoms with E-state index >= 15 is 0 Å². The Labute approximate surface area is 132 Å². The Kier molecular flexibility index (Phi) is 5.01. The van der Waals surface area contributed by atoms with Gasteiger partial charge in [-0.2, -0.15) is 0 Å². The summed E-state index contributed by atoms with van der Waals surface area (Å²) in [5, 5.41) is 0.601. The standard InChI is InChI=1S/C16H13ClO5/c1-20-14-9-12(22-11-5-3-10(17)4-6-11)7-8-13(14)15(18)16(19)21-2/h3-9H,1-2H3. The number of ether oxygens (including phenoxy) is 3. The first-order valence-corrected chi connectivity index (χ1v) is 6.67. The lowest BCUT2D eigenvalue weighted by molar-refractivity contribution is -0.135. The summed E-state index contributed by atoms with van der Waals surface area (Å²) < 4.78 is 15.2. The summed E-state index contributed by atoms with van der Waals surface area (Å²) in [6.45, 7) is 0. The average molecular weight is 321 g/mol. The maximum Gasteiger partial charge on any atom is 0.379 e. The second-order valence-corrected chi connectivity index (χ2v) is 4.68. The summed E-state index contributed by atoms with van der Waals surface area (Å²) in [4.78, 5) is 23.2. The molecule has 0 saturated carbocycles. The van der Waals surface area contributed by atoms with Crippen LogP contribution in [0, 0.1) is 0 Å². The zero-order valence-corrected chi connectivity index (χ0v) is 12.7. The molecule has 0 N–H and O–H groups in total. The molecule has 0 aliphatic rings. The minimum Gasteiger partial charge on any atom is -0.496 e. The minimum absolute atomic E-state index is 0.109. The van der Waals surface area contributed by atoms with Crippen molar-refractivity contribution in [2.75, 3.05) is 14.2 Å².